The number of carbonyl (C=O) groups is 2. The SMILES string of the molecule is CCOC(=O)c1cnc2n(c1=O)CCC(C)CC2(C=O)[N+](=O)[O-]. The summed E-state index contributed by atoms with van der Waals surface area (Å²) in [4.78, 5) is 50.5. The van der Waals surface area contributed by atoms with Gasteiger partial charge in [-0.15, -0.1) is 0 Å². The van der Waals surface area contributed by atoms with Crippen molar-refractivity contribution in [3.05, 3.63) is 38.1 Å². The van der Waals surface area contributed by atoms with Crippen molar-refractivity contribution in [3.63, 3.8) is 0 Å². The number of ether oxygens (including phenoxy) is 1. The smallest absolute Gasteiger partial charge is 0.345 e. The van der Waals surface area contributed by atoms with Crippen LogP contribution in [0.15, 0.2) is 11.0 Å². The largest absolute Gasteiger partial charge is 0.462 e. The summed E-state index contributed by atoms with van der Waals surface area (Å²) in [6.07, 6.45) is 1.58. The number of esters is 1. The number of nitro groups is 1. The quantitative estimate of drug-likeness (QED) is 0.342. The first kappa shape index (κ1) is 16.8. The van der Waals surface area contributed by atoms with Crippen molar-refractivity contribution in [2.45, 2.75) is 38.8 Å². The molecule has 0 radical (unpaired) electrons. The van der Waals surface area contributed by atoms with Gasteiger partial charge in [0, 0.05) is 24.1 Å². The zero-order valence-corrected chi connectivity index (χ0v) is 12.9. The van der Waals surface area contributed by atoms with Crippen LogP contribution in [0.3, 0.4) is 0 Å². The number of aromatic nitrogens is 2. The normalized spacial score (nSPS) is 23.5. The maximum atomic E-state index is 12.5. The third kappa shape index (κ3) is 2.73. The molecular weight excluding hydrogens is 306 g/mol. The minimum Gasteiger partial charge on any atom is -0.462 e. The van der Waals surface area contributed by atoms with E-state index in [1.54, 1.807) is 13.8 Å². The topological polar surface area (TPSA) is 121 Å². The molecule has 0 saturated carbocycles. The summed E-state index contributed by atoms with van der Waals surface area (Å²) in [5.41, 5.74) is -3.11. The van der Waals surface area contributed by atoms with Gasteiger partial charge in [-0.2, -0.15) is 0 Å². The molecule has 0 aliphatic carbocycles. The predicted octanol–water partition coefficient (Wildman–Crippen LogP) is 0.521. The maximum Gasteiger partial charge on any atom is 0.345 e. The summed E-state index contributed by atoms with van der Waals surface area (Å²) >= 11 is 0. The van der Waals surface area contributed by atoms with Crippen molar-refractivity contribution in [2.24, 2.45) is 5.92 Å². The third-order valence-electron chi connectivity index (χ3n) is 3.96. The molecule has 0 bridgehead atoms. The van der Waals surface area contributed by atoms with Gasteiger partial charge in [0.2, 0.25) is 6.29 Å². The fourth-order valence-electron chi connectivity index (χ4n) is 2.77. The highest BCUT2D eigenvalue weighted by Gasteiger charge is 2.51. The molecule has 1 aromatic heterocycles. The number of nitrogens with zero attached hydrogens (tertiary/aromatic N) is 3. The van der Waals surface area contributed by atoms with Gasteiger partial charge in [0.15, 0.2) is 5.82 Å². The van der Waals surface area contributed by atoms with Crippen LogP contribution in [0.25, 0.3) is 0 Å². The van der Waals surface area contributed by atoms with Crippen LogP contribution in [0, 0.1) is 16.0 Å². The molecule has 9 nitrogen and oxygen atoms in total. The van der Waals surface area contributed by atoms with Crippen LogP contribution in [0.4, 0.5) is 0 Å². The van der Waals surface area contributed by atoms with Crippen molar-refractivity contribution >= 4 is 12.3 Å². The first-order valence-electron chi connectivity index (χ1n) is 7.25. The minimum atomic E-state index is -2.08. The first-order chi connectivity index (χ1) is 10.9. The Labute approximate surface area is 131 Å². The molecule has 23 heavy (non-hydrogen) atoms. The van der Waals surface area contributed by atoms with Crippen LogP contribution in [0.1, 0.15) is 42.9 Å². The van der Waals surface area contributed by atoms with Crippen molar-refractivity contribution in [1.82, 2.24) is 9.55 Å². The zero-order valence-electron chi connectivity index (χ0n) is 12.9. The van der Waals surface area contributed by atoms with Gasteiger partial charge in [-0.1, -0.05) is 6.92 Å². The van der Waals surface area contributed by atoms with E-state index in [9.17, 15) is 24.5 Å². The van der Waals surface area contributed by atoms with Gasteiger partial charge in [-0.3, -0.25) is 24.3 Å². The molecule has 0 amide bonds. The van der Waals surface area contributed by atoms with Crippen LogP contribution in [-0.4, -0.2) is 33.3 Å². The number of hydrogen-bond donors (Lipinski definition) is 0. The van der Waals surface area contributed by atoms with Crippen LogP contribution in [-0.2, 0) is 21.6 Å². The lowest BCUT2D eigenvalue weighted by Crippen LogP contribution is -2.44. The monoisotopic (exact) mass is 323 g/mol. The molecule has 2 heterocycles. The summed E-state index contributed by atoms with van der Waals surface area (Å²) in [6.45, 7) is 3.60. The molecule has 2 unspecified atom stereocenters. The van der Waals surface area contributed by atoms with E-state index in [-0.39, 0.29) is 43.2 Å². The fourth-order valence-corrected chi connectivity index (χ4v) is 2.77. The lowest BCUT2D eigenvalue weighted by atomic mass is 9.89. The van der Waals surface area contributed by atoms with Gasteiger partial charge in [-0.05, 0) is 19.3 Å². The van der Waals surface area contributed by atoms with Crippen molar-refractivity contribution in [1.29, 1.82) is 0 Å². The van der Waals surface area contributed by atoms with Crippen LogP contribution in [0.2, 0.25) is 0 Å². The Morgan fingerprint density at radius 3 is 2.91 bits per heavy atom. The van der Waals surface area contributed by atoms with E-state index in [4.69, 9.17) is 4.74 Å². The lowest BCUT2D eigenvalue weighted by Gasteiger charge is -2.20. The average molecular weight is 323 g/mol. The molecule has 0 aromatic carbocycles. The highest BCUT2D eigenvalue weighted by atomic mass is 16.6. The summed E-state index contributed by atoms with van der Waals surface area (Å²) < 4.78 is 5.83. The number of hydrogen-bond acceptors (Lipinski definition) is 7. The molecule has 9 heteroatoms. The number of aldehydes is 1. The Hall–Kier alpha value is -2.58. The Morgan fingerprint density at radius 2 is 2.35 bits per heavy atom. The molecule has 1 aromatic rings. The van der Waals surface area contributed by atoms with Gasteiger partial charge in [0.05, 0.1) is 6.61 Å². The van der Waals surface area contributed by atoms with Crippen molar-refractivity contribution in [2.75, 3.05) is 6.61 Å². The second kappa shape index (κ2) is 6.27. The second-order valence-electron chi connectivity index (χ2n) is 5.57. The minimum absolute atomic E-state index is 0.0469. The standard InChI is InChI=1S/C14H17N3O6/c1-3-23-12(20)10-7-15-13-14(8-18,17(21)22)6-9(2)4-5-16(13)11(10)19/h7-9H,3-6H2,1-2H3. The van der Waals surface area contributed by atoms with E-state index in [0.717, 1.165) is 10.8 Å². The second-order valence-corrected chi connectivity index (χ2v) is 5.57. The average Bonchev–Trinajstić information content (AvgIpc) is 2.65. The molecule has 124 valence electrons. The highest BCUT2D eigenvalue weighted by molar-refractivity contribution is 5.88. The van der Waals surface area contributed by atoms with Crippen molar-refractivity contribution in [3.8, 4) is 0 Å². The van der Waals surface area contributed by atoms with Crippen LogP contribution >= 0.6 is 0 Å². The van der Waals surface area contributed by atoms with E-state index < -0.39 is 22.0 Å². The Morgan fingerprint density at radius 1 is 1.65 bits per heavy atom. The molecule has 1 aliphatic heterocycles. The van der Waals surface area contributed by atoms with E-state index >= 15 is 0 Å². The van der Waals surface area contributed by atoms with Gasteiger partial charge in [0.25, 0.3) is 5.56 Å². The fraction of sp³-hybridized carbons (Fsp3) is 0.571. The molecule has 2 atom stereocenters. The Balaban J connectivity index is 2.69. The molecule has 0 spiro atoms. The van der Waals surface area contributed by atoms with E-state index in [0.29, 0.717) is 6.42 Å². The summed E-state index contributed by atoms with van der Waals surface area (Å²) in [7, 11) is 0. The van der Waals surface area contributed by atoms with Crippen LogP contribution < -0.4 is 5.56 Å². The maximum absolute atomic E-state index is 12.5. The molecule has 0 saturated heterocycles. The van der Waals surface area contributed by atoms with E-state index in [1.807, 2.05) is 0 Å². The zero-order chi connectivity index (χ0) is 17.2. The number of rotatable bonds is 4. The summed E-state index contributed by atoms with van der Waals surface area (Å²) in [5.74, 6) is -1.23. The van der Waals surface area contributed by atoms with Gasteiger partial charge in [-0.25, -0.2) is 9.78 Å². The van der Waals surface area contributed by atoms with Crippen LogP contribution in [0.5, 0.6) is 0 Å². The molecule has 0 N–H and O–H groups in total. The van der Waals surface area contributed by atoms with E-state index in [1.165, 1.54) is 0 Å². The summed E-state index contributed by atoms with van der Waals surface area (Å²) in [6, 6.07) is 0. The number of fused-ring (bicyclic) bond motifs is 1. The highest BCUT2D eigenvalue weighted by Crippen LogP contribution is 2.33. The Kier molecular flexibility index (Phi) is 4.57. The lowest BCUT2D eigenvalue weighted by molar-refractivity contribution is -0.562. The molecule has 0 fully saturated rings. The van der Waals surface area contributed by atoms with Gasteiger partial charge < -0.3 is 4.74 Å². The van der Waals surface area contributed by atoms with Crippen molar-refractivity contribution < 1.29 is 19.2 Å². The molecular formula is C14H17N3O6. The molecule has 1 aliphatic rings. The number of carbonyl (C=O) groups excluding carboxylic acids is 2. The molecule has 2 rings (SSSR count). The predicted molar refractivity (Wildman–Crippen MR) is 77.6 cm³/mol. The Bertz CT molecular complexity index is 713. The first-order valence-corrected chi connectivity index (χ1v) is 7.25. The van der Waals surface area contributed by atoms with E-state index in [2.05, 4.69) is 4.98 Å². The van der Waals surface area contributed by atoms with Gasteiger partial charge >= 0.3 is 11.5 Å². The van der Waals surface area contributed by atoms with Gasteiger partial charge in [0.1, 0.15) is 5.56 Å². The summed E-state index contributed by atoms with van der Waals surface area (Å²) in [5, 5.41) is 11.5. The third-order valence-corrected chi connectivity index (χ3v) is 3.96.